The van der Waals surface area contributed by atoms with Gasteiger partial charge in [0.1, 0.15) is 12.5 Å². The van der Waals surface area contributed by atoms with Gasteiger partial charge in [-0.2, -0.15) is 0 Å². The fourth-order valence-corrected chi connectivity index (χ4v) is 5.60. The van der Waals surface area contributed by atoms with Crippen molar-refractivity contribution in [3.63, 3.8) is 0 Å². The van der Waals surface area contributed by atoms with Crippen molar-refractivity contribution in [2.75, 3.05) is 10.0 Å². The number of ether oxygens (including phenoxy) is 1. The number of anilines is 3. The first-order valence-corrected chi connectivity index (χ1v) is 12.8. The molecule has 1 saturated carbocycles. The lowest BCUT2D eigenvalue weighted by Crippen LogP contribution is -2.38. The molecule has 176 valence electrons. The molecule has 1 aromatic carbocycles. The molecule has 32 heavy (non-hydrogen) atoms. The Kier molecular flexibility index (Phi) is 7.36. The Morgan fingerprint density at radius 1 is 1.25 bits per heavy atom. The molecule has 1 fully saturated rings. The molecular formula is C22H29BrFN3O4S. The molecule has 0 bridgehead atoms. The van der Waals surface area contributed by atoms with Crippen molar-refractivity contribution in [3.05, 3.63) is 50.6 Å². The highest BCUT2D eigenvalue weighted by molar-refractivity contribution is 9.10. The van der Waals surface area contributed by atoms with E-state index in [9.17, 15) is 17.6 Å². The normalized spacial score (nSPS) is 15.8. The molecule has 0 atom stereocenters. The van der Waals surface area contributed by atoms with Crippen LogP contribution in [-0.4, -0.2) is 23.8 Å². The number of nitrogens with zero attached hydrogens (tertiary/aromatic N) is 1. The maximum Gasteiger partial charge on any atom is 0.257 e. The molecule has 1 heterocycles. The first kappa shape index (κ1) is 24.7. The van der Waals surface area contributed by atoms with E-state index in [1.807, 2.05) is 13.8 Å². The predicted octanol–water partition coefficient (Wildman–Crippen LogP) is 5.26. The Morgan fingerprint density at radius 2 is 1.91 bits per heavy atom. The number of benzene rings is 1. The molecule has 2 aromatic rings. The Hall–Kier alpha value is -1.91. The summed E-state index contributed by atoms with van der Waals surface area (Å²) in [6.45, 7) is 6.95. The molecule has 1 aromatic heterocycles. The average molecular weight is 530 g/mol. The summed E-state index contributed by atoms with van der Waals surface area (Å²) in [5.41, 5.74) is 0.392. The first-order valence-electron chi connectivity index (χ1n) is 10.5. The predicted molar refractivity (Wildman–Crippen MR) is 128 cm³/mol. The summed E-state index contributed by atoms with van der Waals surface area (Å²) >= 11 is 3.22. The molecule has 0 aliphatic heterocycles. The van der Waals surface area contributed by atoms with Crippen LogP contribution in [0.1, 0.15) is 52.0 Å². The monoisotopic (exact) mass is 529 g/mol. The smallest absolute Gasteiger partial charge is 0.257 e. The molecule has 0 spiro atoms. The minimum absolute atomic E-state index is 0.0315. The quantitative estimate of drug-likeness (QED) is 0.486. The molecule has 7 nitrogen and oxygen atoms in total. The molecule has 3 rings (SSSR count). The number of hydrogen-bond donors (Lipinski definition) is 2. The second-order valence-electron chi connectivity index (χ2n) is 8.67. The summed E-state index contributed by atoms with van der Waals surface area (Å²) in [6, 6.07) is 4.46. The van der Waals surface area contributed by atoms with Gasteiger partial charge in [-0.05, 0) is 58.7 Å². The number of rotatable bonds is 8. The molecule has 0 radical (unpaired) electrons. The van der Waals surface area contributed by atoms with Crippen molar-refractivity contribution in [2.24, 2.45) is 0 Å². The van der Waals surface area contributed by atoms with Crippen molar-refractivity contribution in [1.29, 1.82) is 0 Å². The van der Waals surface area contributed by atoms with Gasteiger partial charge in [-0.3, -0.25) is 14.1 Å². The number of nitrogens with one attached hydrogen (secondary N) is 2. The molecule has 0 amide bonds. The standard InChI is InChI=1S/C22H29BrFN3O4S/c1-14(2)31-13-27-12-19(26-32(29,30)22(4)9-5-6-10-22)20(15(3)21(27)28)25-18-8-7-16(23)11-17(18)24/h7-8,11-12,14,25-26H,5-6,9-10,13H2,1-4H3. The SMILES string of the molecule is Cc1c(Nc2ccc(Br)cc2F)c(NS(=O)(=O)C2(C)CCCC2)cn(COC(C)C)c1=O. The van der Waals surface area contributed by atoms with Crippen LogP contribution in [0, 0.1) is 12.7 Å². The van der Waals surface area contributed by atoms with Crippen molar-refractivity contribution >= 4 is 43.0 Å². The number of halogens is 2. The number of aromatic nitrogens is 1. The van der Waals surface area contributed by atoms with E-state index in [2.05, 4.69) is 26.0 Å². The average Bonchev–Trinajstić information content (AvgIpc) is 3.16. The lowest BCUT2D eigenvalue weighted by molar-refractivity contribution is 0.0268. The Labute approximate surface area is 196 Å². The van der Waals surface area contributed by atoms with Crippen LogP contribution in [0.25, 0.3) is 0 Å². The van der Waals surface area contributed by atoms with Gasteiger partial charge in [-0.15, -0.1) is 0 Å². The van der Waals surface area contributed by atoms with E-state index in [0.717, 1.165) is 12.8 Å². The van der Waals surface area contributed by atoms with E-state index in [1.165, 1.54) is 22.9 Å². The van der Waals surface area contributed by atoms with E-state index in [0.29, 0.717) is 17.3 Å². The van der Waals surface area contributed by atoms with Crippen molar-refractivity contribution in [2.45, 2.75) is 71.0 Å². The van der Waals surface area contributed by atoms with E-state index in [1.54, 1.807) is 19.9 Å². The van der Waals surface area contributed by atoms with Gasteiger partial charge in [0, 0.05) is 16.2 Å². The number of pyridine rings is 1. The third kappa shape index (κ3) is 5.18. The Bertz CT molecular complexity index is 1160. The van der Waals surface area contributed by atoms with Crippen LogP contribution in [-0.2, 0) is 21.5 Å². The van der Waals surface area contributed by atoms with Crippen LogP contribution in [0.5, 0.6) is 0 Å². The van der Waals surface area contributed by atoms with Crippen LogP contribution < -0.4 is 15.6 Å². The van der Waals surface area contributed by atoms with Gasteiger partial charge in [0.2, 0.25) is 10.0 Å². The largest absolute Gasteiger partial charge is 0.358 e. The number of sulfonamides is 1. The molecule has 0 unspecified atom stereocenters. The summed E-state index contributed by atoms with van der Waals surface area (Å²) < 4.78 is 50.3. The van der Waals surface area contributed by atoms with Crippen molar-refractivity contribution in [1.82, 2.24) is 4.57 Å². The lowest BCUT2D eigenvalue weighted by atomic mass is 10.1. The fraction of sp³-hybridized carbons (Fsp3) is 0.500. The highest BCUT2D eigenvalue weighted by atomic mass is 79.9. The van der Waals surface area contributed by atoms with Crippen LogP contribution >= 0.6 is 15.9 Å². The van der Waals surface area contributed by atoms with Crippen LogP contribution in [0.15, 0.2) is 33.7 Å². The maximum atomic E-state index is 14.5. The Morgan fingerprint density at radius 3 is 2.50 bits per heavy atom. The second-order valence-corrected chi connectivity index (χ2v) is 11.8. The lowest BCUT2D eigenvalue weighted by Gasteiger charge is -2.26. The summed E-state index contributed by atoms with van der Waals surface area (Å²) in [4.78, 5) is 12.9. The van der Waals surface area contributed by atoms with Crippen LogP contribution in [0.4, 0.5) is 21.5 Å². The molecule has 0 saturated heterocycles. The van der Waals surface area contributed by atoms with Crippen LogP contribution in [0.2, 0.25) is 0 Å². The first-order chi connectivity index (χ1) is 14.9. The minimum Gasteiger partial charge on any atom is -0.358 e. The molecule has 2 N–H and O–H groups in total. The van der Waals surface area contributed by atoms with Crippen molar-refractivity contribution < 1.29 is 17.5 Å². The zero-order valence-corrected chi connectivity index (χ0v) is 21.1. The third-order valence-electron chi connectivity index (χ3n) is 5.80. The zero-order valence-electron chi connectivity index (χ0n) is 18.7. The highest BCUT2D eigenvalue weighted by Crippen LogP contribution is 2.39. The molecule has 1 aliphatic carbocycles. The van der Waals surface area contributed by atoms with E-state index in [4.69, 9.17) is 4.74 Å². The van der Waals surface area contributed by atoms with Crippen molar-refractivity contribution in [3.8, 4) is 0 Å². The van der Waals surface area contributed by atoms with E-state index in [-0.39, 0.29) is 41.0 Å². The number of hydrogen-bond acceptors (Lipinski definition) is 5. The summed E-state index contributed by atoms with van der Waals surface area (Å²) in [5, 5.41) is 2.92. The molecular weight excluding hydrogens is 501 g/mol. The third-order valence-corrected chi connectivity index (χ3v) is 8.49. The second kappa shape index (κ2) is 9.52. The Balaban J connectivity index is 2.09. The topological polar surface area (TPSA) is 89.4 Å². The van der Waals surface area contributed by atoms with Gasteiger partial charge >= 0.3 is 0 Å². The fourth-order valence-electron chi connectivity index (χ4n) is 3.75. The van der Waals surface area contributed by atoms with Crippen LogP contribution in [0.3, 0.4) is 0 Å². The highest BCUT2D eigenvalue weighted by Gasteiger charge is 2.42. The van der Waals surface area contributed by atoms with E-state index >= 15 is 0 Å². The molecule has 1 aliphatic rings. The van der Waals surface area contributed by atoms with Gasteiger partial charge in [-0.1, -0.05) is 28.8 Å². The van der Waals surface area contributed by atoms with Gasteiger partial charge in [0.05, 0.1) is 27.9 Å². The summed E-state index contributed by atoms with van der Waals surface area (Å²) in [6.07, 6.45) is 4.09. The molecule has 10 heteroatoms. The van der Waals surface area contributed by atoms with Gasteiger partial charge in [-0.25, -0.2) is 12.8 Å². The summed E-state index contributed by atoms with van der Waals surface area (Å²) in [5.74, 6) is -0.539. The maximum absolute atomic E-state index is 14.5. The van der Waals surface area contributed by atoms with E-state index < -0.39 is 20.6 Å². The van der Waals surface area contributed by atoms with Gasteiger partial charge in [0.15, 0.2) is 0 Å². The zero-order chi connectivity index (χ0) is 23.7. The van der Waals surface area contributed by atoms with Gasteiger partial charge in [0.25, 0.3) is 5.56 Å². The van der Waals surface area contributed by atoms with Gasteiger partial charge < -0.3 is 10.1 Å². The minimum atomic E-state index is -3.77. The summed E-state index contributed by atoms with van der Waals surface area (Å²) in [7, 11) is -3.77.